The van der Waals surface area contributed by atoms with Gasteiger partial charge in [0.1, 0.15) is 0 Å². The van der Waals surface area contributed by atoms with Crippen LogP contribution < -0.4 is 9.47 Å². The maximum atomic E-state index is 5.86. The molecule has 3 heteroatoms. The van der Waals surface area contributed by atoms with Crippen molar-refractivity contribution in [1.82, 2.24) is 0 Å². The lowest BCUT2D eigenvalue weighted by Gasteiger charge is -2.14. The Morgan fingerprint density at radius 1 is 1.16 bits per heavy atom. The van der Waals surface area contributed by atoms with Gasteiger partial charge < -0.3 is 9.47 Å². The molecule has 1 rings (SSSR count). The van der Waals surface area contributed by atoms with E-state index in [1.54, 1.807) is 6.08 Å². The minimum absolute atomic E-state index is 0.521. The molecule has 0 aliphatic heterocycles. The summed E-state index contributed by atoms with van der Waals surface area (Å²) in [5.41, 5.74) is 0. The summed E-state index contributed by atoms with van der Waals surface area (Å²) in [6.45, 7) is 15.6. The summed E-state index contributed by atoms with van der Waals surface area (Å²) >= 11 is 1.44. The maximum absolute atomic E-state index is 5.86. The first kappa shape index (κ1) is 16.1. The second-order valence-electron chi connectivity index (χ2n) is 5.04. The normalized spacial score (nSPS) is 13.9. The van der Waals surface area contributed by atoms with Crippen molar-refractivity contribution < 1.29 is 9.47 Å². The number of rotatable bonds is 9. The standard InChI is InChI=1S/C16H24O2S/c1-6-12(4)9-17-14-11-19-15(8-3)16(14)18-10-13(5)7-2/h3,8,12-13H,6-7,9-10H2,1-2,4-5H3. The molecule has 19 heavy (non-hydrogen) atoms. The first-order valence-electron chi connectivity index (χ1n) is 6.97. The highest BCUT2D eigenvalue weighted by Crippen LogP contribution is 2.38. The molecule has 0 aliphatic rings. The van der Waals surface area contributed by atoms with Crippen molar-refractivity contribution in [3.05, 3.63) is 16.8 Å². The SMILES string of the molecule is [CH]=Cc1s[c]c(OCC(C)CC)c1OCC(C)CC. The van der Waals surface area contributed by atoms with Crippen LogP contribution in [-0.4, -0.2) is 13.2 Å². The number of hydrogen-bond donors (Lipinski definition) is 0. The second kappa shape index (κ2) is 8.26. The van der Waals surface area contributed by atoms with Crippen molar-refractivity contribution in [2.24, 2.45) is 11.8 Å². The topological polar surface area (TPSA) is 18.5 Å². The van der Waals surface area contributed by atoms with Crippen LogP contribution in [0.5, 0.6) is 11.5 Å². The molecule has 0 aliphatic carbocycles. The van der Waals surface area contributed by atoms with Crippen LogP contribution in [0.15, 0.2) is 0 Å². The fourth-order valence-electron chi connectivity index (χ4n) is 1.33. The Morgan fingerprint density at radius 2 is 1.74 bits per heavy atom. The molecule has 2 nitrogen and oxygen atoms in total. The molecular weight excluding hydrogens is 256 g/mol. The average Bonchev–Trinajstić information content (AvgIpc) is 2.83. The number of ether oxygens (including phenoxy) is 2. The molecule has 0 spiro atoms. The van der Waals surface area contributed by atoms with Crippen LogP contribution in [0.25, 0.3) is 6.08 Å². The molecule has 0 amide bonds. The van der Waals surface area contributed by atoms with Gasteiger partial charge in [0.2, 0.25) is 0 Å². The smallest absolute Gasteiger partial charge is 0.181 e. The molecular formula is C16H24O2S. The molecule has 0 aromatic carbocycles. The predicted molar refractivity (Wildman–Crippen MR) is 81.8 cm³/mol. The van der Waals surface area contributed by atoms with E-state index >= 15 is 0 Å². The van der Waals surface area contributed by atoms with Crippen LogP contribution >= 0.6 is 11.3 Å². The van der Waals surface area contributed by atoms with Gasteiger partial charge in [-0.15, -0.1) is 11.3 Å². The summed E-state index contributed by atoms with van der Waals surface area (Å²) in [6.07, 6.45) is 3.75. The van der Waals surface area contributed by atoms with Gasteiger partial charge in [-0.3, -0.25) is 0 Å². The monoisotopic (exact) mass is 280 g/mol. The van der Waals surface area contributed by atoms with Gasteiger partial charge in [0.05, 0.1) is 23.5 Å². The van der Waals surface area contributed by atoms with E-state index in [1.807, 2.05) is 0 Å². The van der Waals surface area contributed by atoms with Gasteiger partial charge in [0, 0.05) is 0 Å². The summed E-state index contributed by atoms with van der Waals surface area (Å²) in [5.74, 6) is 2.50. The summed E-state index contributed by atoms with van der Waals surface area (Å²) in [7, 11) is 0. The highest BCUT2D eigenvalue weighted by molar-refractivity contribution is 7.11. The largest absolute Gasteiger partial charge is 0.488 e. The lowest BCUT2D eigenvalue weighted by molar-refractivity contribution is 0.219. The molecule has 1 aromatic rings. The lowest BCUT2D eigenvalue weighted by Crippen LogP contribution is -2.10. The second-order valence-corrected chi connectivity index (χ2v) is 5.89. The Bertz CT molecular complexity index is 384. The zero-order chi connectivity index (χ0) is 14.3. The van der Waals surface area contributed by atoms with Crippen molar-refractivity contribution >= 4 is 17.4 Å². The van der Waals surface area contributed by atoms with E-state index in [0.29, 0.717) is 30.8 Å². The minimum Gasteiger partial charge on any atom is -0.488 e. The third-order valence-corrected chi connectivity index (χ3v) is 4.08. The Hall–Kier alpha value is -0.960. The van der Waals surface area contributed by atoms with Gasteiger partial charge >= 0.3 is 0 Å². The highest BCUT2D eigenvalue weighted by Gasteiger charge is 2.15. The Kier molecular flexibility index (Phi) is 7.00. The predicted octanol–water partition coefficient (Wildman–Crippen LogP) is 4.84. The fraction of sp³-hybridized carbons (Fsp3) is 0.625. The van der Waals surface area contributed by atoms with E-state index < -0.39 is 0 Å². The first-order chi connectivity index (χ1) is 9.12. The van der Waals surface area contributed by atoms with Crippen molar-refractivity contribution in [3.8, 4) is 11.5 Å². The van der Waals surface area contributed by atoms with Crippen LogP contribution in [0.1, 0.15) is 45.4 Å². The van der Waals surface area contributed by atoms with Crippen LogP contribution in [0, 0.1) is 23.8 Å². The summed E-state index contributed by atoms with van der Waals surface area (Å²) in [5, 5.41) is 3.13. The third kappa shape index (κ3) is 4.90. The van der Waals surface area contributed by atoms with Gasteiger partial charge in [-0.2, -0.15) is 0 Å². The molecule has 106 valence electrons. The number of hydrogen-bond acceptors (Lipinski definition) is 3. The molecule has 1 heterocycles. The molecule has 1 aromatic heterocycles. The highest BCUT2D eigenvalue weighted by atomic mass is 32.1. The minimum atomic E-state index is 0.521. The summed E-state index contributed by atoms with van der Waals surface area (Å²) in [4.78, 5) is 0.891. The van der Waals surface area contributed by atoms with E-state index in [0.717, 1.165) is 23.5 Å². The van der Waals surface area contributed by atoms with Gasteiger partial charge in [0.25, 0.3) is 0 Å². The fourth-order valence-corrected chi connectivity index (χ4v) is 2.00. The quantitative estimate of drug-likeness (QED) is 0.644. The van der Waals surface area contributed by atoms with Crippen molar-refractivity contribution in [2.45, 2.75) is 40.5 Å². The van der Waals surface area contributed by atoms with Gasteiger partial charge in [-0.1, -0.05) is 47.1 Å². The Labute approximate surface area is 121 Å². The third-order valence-electron chi connectivity index (χ3n) is 3.25. The van der Waals surface area contributed by atoms with E-state index in [-0.39, 0.29) is 0 Å². The molecule has 0 bridgehead atoms. The van der Waals surface area contributed by atoms with Crippen molar-refractivity contribution in [3.63, 3.8) is 0 Å². The van der Waals surface area contributed by atoms with Crippen LogP contribution in [-0.2, 0) is 0 Å². The zero-order valence-corrected chi connectivity index (χ0v) is 13.2. The molecule has 0 saturated carbocycles. The molecule has 2 atom stereocenters. The van der Waals surface area contributed by atoms with Gasteiger partial charge in [-0.05, 0) is 17.9 Å². The zero-order valence-electron chi connectivity index (χ0n) is 12.4. The van der Waals surface area contributed by atoms with Crippen LogP contribution in [0.4, 0.5) is 0 Å². The molecule has 2 radical (unpaired) electrons. The van der Waals surface area contributed by atoms with E-state index in [2.05, 4.69) is 33.1 Å². The molecule has 0 fully saturated rings. The van der Waals surface area contributed by atoms with Gasteiger partial charge in [-0.25, -0.2) is 0 Å². The van der Waals surface area contributed by atoms with Crippen LogP contribution in [0.2, 0.25) is 0 Å². The maximum Gasteiger partial charge on any atom is 0.181 e. The average molecular weight is 280 g/mol. The summed E-state index contributed by atoms with van der Waals surface area (Å²) < 4.78 is 11.7. The van der Waals surface area contributed by atoms with Gasteiger partial charge in [0.15, 0.2) is 11.5 Å². The Morgan fingerprint density at radius 3 is 2.26 bits per heavy atom. The Balaban J connectivity index is 2.69. The molecule has 2 unspecified atom stereocenters. The van der Waals surface area contributed by atoms with Crippen molar-refractivity contribution in [2.75, 3.05) is 13.2 Å². The lowest BCUT2D eigenvalue weighted by atomic mass is 10.1. The first-order valence-corrected chi connectivity index (χ1v) is 7.78. The van der Waals surface area contributed by atoms with Crippen LogP contribution in [0.3, 0.4) is 0 Å². The van der Waals surface area contributed by atoms with E-state index in [1.165, 1.54) is 11.3 Å². The molecule has 0 N–H and O–H groups in total. The van der Waals surface area contributed by atoms with E-state index in [4.69, 9.17) is 16.1 Å². The molecule has 0 saturated heterocycles. The van der Waals surface area contributed by atoms with Crippen molar-refractivity contribution in [1.29, 1.82) is 0 Å². The number of thiophene rings is 1. The summed E-state index contributed by atoms with van der Waals surface area (Å²) in [6, 6.07) is 0. The van der Waals surface area contributed by atoms with E-state index in [9.17, 15) is 0 Å².